The normalized spacial score (nSPS) is 41.4. The summed E-state index contributed by atoms with van der Waals surface area (Å²) in [6, 6.07) is 1.51. The zero-order valence-electron chi connectivity index (χ0n) is 18.7. The number of hydrogen-bond donors (Lipinski definition) is 2. The van der Waals surface area contributed by atoms with Gasteiger partial charge in [0.1, 0.15) is 6.04 Å². The quantitative estimate of drug-likeness (QED) is 0.401. The van der Waals surface area contributed by atoms with Crippen LogP contribution < -0.4 is 5.32 Å². The molecule has 2 heterocycles. The van der Waals surface area contributed by atoms with E-state index in [1.807, 2.05) is 5.38 Å². The van der Waals surface area contributed by atoms with Crippen LogP contribution in [0.5, 0.6) is 0 Å². The Hall–Kier alpha value is -2.66. The number of allylic oxidation sites excluding steroid dienone is 1. The van der Waals surface area contributed by atoms with Gasteiger partial charge in [0.2, 0.25) is 0 Å². The molecule has 7 nitrogen and oxygen atoms in total. The van der Waals surface area contributed by atoms with Gasteiger partial charge in [0.25, 0.3) is 0 Å². The number of nitrogens with zero attached hydrogens (tertiary/aromatic N) is 2. The van der Waals surface area contributed by atoms with Crippen LogP contribution in [0.3, 0.4) is 0 Å². The molecule has 1 atom stereocenters. The number of carbonyl (C=O) groups excluding carboxylic acids is 1. The van der Waals surface area contributed by atoms with E-state index in [1.165, 1.54) is 17.4 Å². The Morgan fingerprint density at radius 1 is 1.19 bits per heavy atom. The molecule has 6 saturated carbocycles. The molecule has 0 radical (unpaired) electrons. The lowest BCUT2D eigenvalue weighted by Gasteiger charge is -3.10. The summed E-state index contributed by atoms with van der Waals surface area (Å²) in [5.41, 5.74) is 0.412. The van der Waals surface area contributed by atoms with Gasteiger partial charge in [-0.2, -0.15) is 0 Å². The Kier molecular flexibility index (Phi) is 3.82. The Balaban J connectivity index is 1.31. The highest BCUT2D eigenvalue weighted by molar-refractivity contribution is 9.10. The molecule has 0 unspecified atom stereocenters. The molecule has 0 saturated heterocycles. The average Bonchev–Trinajstić information content (AvgIpc) is 3.41. The van der Waals surface area contributed by atoms with Crippen LogP contribution in [0, 0.1) is 58.0 Å². The van der Waals surface area contributed by atoms with Crippen LogP contribution in [0.1, 0.15) is 23.5 Å². The predicted molar refractivity (Wildman–Crippen MR) is 126 cm³/mol. The van der Waals surface area contributed by atoms with Gasteiger partial charge in [-0.25, -0.2) is 18.6 Å². The smallest absolute Gasteiger partial charge is 0.338 e. The number of carboxylic acids is 1. The Morgan fingerprint density at radius 3 is 2.47 bits per heavy atom. The highest BCUT2D eigenvalue weighted by Crippen LogP contribution is 3.11. The number of carbonyl (C=O) groups is 2. The second-order valence-electron chi connectivity index (χ2n) is 10.4. The largest absolute Gasteiger partial charge is 0.481 e. The summed E-state index contributed by atoms with van der Waals surface area (Å²) in [4.78, 5) is 34.7. The molecule has 6 aliphatic carbocycles. The lowest BCUT2D eigenvalue weighted by molar-refractivity contribution is -0.633. The molecule has 0 amide bonds. The first-order valence-corrected chi connectivity index (χ1v) is 13.5. The van der Waals surface area contributed by atoms with E-state index in [1.54, 1.807) is 13.1 Å². The van der Waals surface area contributed by atoms with E-state index < -0.39 is 35.0 Å². The van der Waals surface area contributed by atoms with Crippen LogP contribution in [-0.4, -0.2) is 34.5 Å². The number of nitrogens with one attached hydrogen (secondary N) is 1. The van der Waals surface area contributed by atoms with Gasteiger partial charge in [-0.05, 0) is 70.0 Å². The first-order chi connectivity index (χ1) is 17.3. The van der Waals surface area contributed by atoms with E-state index in [0.29, 0.717) is 22.1 Å². The number of ether oxygens (including phenoxy) is 1. The van der Waals surface area contributed by atoms with Gasteiger partial charge in [-0.3, -0.25) is 9.79 Å². The number of aliphatic imine (C=N–C) groups is 1. The van der Waals surface area contributed by atoms with Crippen LogP contribution in [0.4, 0.5) is 8.78 Å². The highest BCUT2D eigenvalue weighted by Gasteiger charge is 3.12. The highest BCUT2D eigenvalue weighted by atomic mass is 79.9. The van der Waals surface area contributed by atoms with Gasteiger partial charge >= 0.3 is 11.9 Å². The number of halogens is 3. The standard InChI is InChI=1S/C25H18BrF2N3O4S/c1-2-35-22(32)9-18(7-3-4-8(27)17(28)16(7)26)30-20(21-29-5-6-36-21)31-19(9)24-10-13-11(24)15-12(24)14(10)25(13,15)23(33)34/h3-6,10-15,18H,2H2,1H3,(H,30,31)(H,33,34)/t10?,11?,12?,13?,14?,15?,18-,24?,25?/m1/s1. The Labute approximate surface area is 215 Å². The number of benzene rings is 1. The van der Waals surface area contributed by atoms with E-state index in [4.69, 9.17) is 9.73 Å². The van der Waals surface area contributed by atoms with Gasteiger partial charge in [0.15, 0.2) is 22.5 Å². The minimum Gasteiger partial charge on any atom is -0.481 e. The van der Waals surface area contributed by atoms with Crippen LogP contribution in [0.25, 0.3) is 0 Å². The zero-order chi connectivity index (χ0) is 24.9. The summed E-state index contributed by atoms with van der Waals surface area (Å²) < 4.78 is 34.0. The molecule has 1 aliphatic heterocycles. The number of rotatable bonds is 6. The predicted octanol–water partition coefficient (Wildman–Crippen LogP) is 3.91. The van der Waals surface area contributed by atoms with Gasteiger partial charge in [-0.1, -0.05) is 6.07 Å². The maximum atomic E-state index is 14.6. The van der Waals surface area contributed by atoms with Crippen LogP contribution >= 0.6 is 27.3 Å². The van der Waals surface area contributed by atoms with Crippen LogP contribution in [0.2, 0.25) is 0 Å². The number of hydrogen-bond acceptors (Lipinski definition) is 7. The molecular weight excluding hydrogens is 556 g/mol. The Morgan fingerprint density at radius 2 is 1.89 bits per heavy atom. The number of aliphatic carboxylic acids is 1. The maximum Gasteiger partial charge on any atom is 0.338 e. The van der Waals surface area contributed by atoms with Gasteiger partial charge in [0, 0.05) is 22.7 Å². The SMILES string of the molecule is CCOC(=O)C1=C(C23C4C5C2C2C3C4C52C(=O)O)NC(c2nccs2)=N[C@@H]1c1ccc(F)c(F)c1Br. The molecule has 2 aromatic rings. The number of amidine groups is 1. The summed E-state index contributed by atoms with van der Waals surface area (Å²) >= 11 is 4.56. The molecule has 36 heavy (non-hydrogen) atoms. The minimum atomic E-state index is -1.05. The number of esters is 1. The van der Waals surface area contributed by atoms with Crippen LogP contribution in [-0.2, 0) is 14.3 Å². The molecule has 1 aromatic heterocycles. The minimum absolute atomic E-state index is 0.100. The Bertz CT molecular complexity index is 1430. The molecule has 9 rings (SSSR count). The summed E-state index contributed by atoms with van der Waals surface area (Å²) in [5, 5.41) is 15.7. The number of carboxylic acid groups (broad SMARTS) is 1. The second-order valence-corrected chi connectivity index (χ2v) is 12.1. The molecule has 11 heteroatoms. The van der Waals surface area contributed by atoms with Gasteiger partial charge in [-0.15, -0.1) is 11.3 Å². The topological polar surface area (TPSA) is 101 Å². The molecule has 184 valence electrons. The fourth-order valence-electron chi connectivity index (χ4n) is 9.19. The third-order valence-electron chi connectivity index (χ3n) is 9.97. The third kappa shape index (κ3) is 1.87. The van der Waals surface area contributed by atoms with Gasteiger partial charge in [0.05, 0.1) is 22.1 Å². The lowest BCUT2D eigenvalue weighted by Crippen LogP contribution is -3.11. The third-order valence-corrected chi connectivity index (χ3v) is 11.6. The molecule has 6 fully saturated rings. The lowest BCUT2D eigenvalue weighted by atomic mass is 8.92. The summed E-state index contributed by atoms with van der Waals surface area (Å²) in [7, 11) is 0. The van der Waals surface area contributed by atoms with Crippen molar-refractivity contribution in [1.29, 1.82) is 0 Å². The molecule has 0 bridgehead atoms. The van der Waals surface area contributed by atoms with E-state index in [-0.39, 0.29) is 57.6 Å². The van der Waals surface area contributed by atoms with Gasteiger partial charge < -0.3 is 15.2 Å². The zero-order valence-corrected chi connectivity index (χ0v) is 21.1. The van der Waals surface area contributed by atoms with Crippen molar-refractivity contribution in [3.63, 3.8) is 0 Å². The van der Waals surface area contributed by atoms with Crippen molar-refractivity contribution in [2.24, 2.45) is 51.3 Å². The molecule has 1 aromatic carbocycles. The molecular formula is C25H18BrF2N3O4S. The number of thiazole rings is 1. The van der Waals surface area contributed by atoms with Crippen LogP contribution in [0.15, 0.2) is 44.4 Å². The average molecular weight is 574 g/mol. The molecule has 0 spiro atoms. The monoisotopic (exact) mass is 573 g/mol. The van der Waals surface area contributed by atoms with Crippen molar-refractivity contribution in [2.75, 3.05) is 6.61 Å². The van der Waals surface area contributed by atoms with Crippen molar-refractivity contribution in [3.8, 4) is 0 Å². The van der Waals surface area contributed by atoms with Crippen molar-refractivity contribution in [3.05, 3.63) is 61.7 Å². The fraction of sp³-hybridized carbons (Fsp3) is 0.440. The van der Waals surface area contributed by atoms with Crippen molar-refractivity contribution in [1.82, 2.24) is 10.3 Å². The molecule has 7 aliphatic rings. The van der Waals surface area contributed by atoms with E-state index >= 15 is 0 Å². The molecule has 2 N–H and O–H groups in total. The summed E-state index contributed by atoms with van der Waals surface area (Å²) in [6.45, 7) is 1.85. The summed E-state index contributed by atoms with van der Waals surface area (Å²) in [5.74, 6) is -1.84. The van der Waals surface area contributed by atoms with E-state index in [2.05, 4.69) is 26.2 Å². The van der Waals surface area contributed by atoms with E-state index in [9.17, 15) is 23.5 Å². The summed E-state index contributed by atoms with van der Waals surface area (Å²) in [6.07, 6.45) is 1.65. The van der Waals surface area contributed by atoms with Crippen molar-refractivity contribution in [2.45, 2.75) is 13.0 Å². The second kappa shape index (κ2) is 6.42. The van der Waals surface area contributed by atoms with Crippen molar-refractivity contribution < 1.29 is 28.2 Å². The fourth-order valence-corrected chi connectivity index (χ4v) is 10.3. The maximum absolute atomic E-state index is 14.6. The number of aromatic nitrogens is 1. The first kappa shape index (κ1) is 21.4. The van der Waals surface area contributed by atoms with E-state index in [0.717, 1.165) is 6.07 Å². The van der Waals surface area contributed by atoms with Crippen molar-refractivity contribution >= 4 is 45.0 Å². The first-order valence-electron chi connectivity index (χ1n) is 11.9.